The van der Waals surface area contributed by atoms with Crippen LogP contribution in [0.4, 0.5) is 0 Å². The molecule has 3 nitrogen and oxygen atoms in total. The standard InChI is InChI=1S/C15H18O3S.Na/c1-2-3-4-7-12-10-13-8-5-6-9-14(13)15(11-12)19(16,17)18;/h5-6,8-11H,2-4,7H2,1H3,(H,16,17,18);/q;+1/p-1. The van der Waals surface area contributed by atoms with Crippen molar-refractivity contribution in [3.05, 3.63) is 42.0 Å². The average molecular weight is 300 g/mol. The molecule has 0 aliphatic rings. The third-order valence-electron chi connectivity index (χ3n) is 3.22. The van der Waals surface area contributed by atoms with Crippen LogP contribution in [0, 0.1) is 0 Å². The summed E-state index contributed by atoms with van der Waals surface area (Å²) < 4.78 is 34.1. The fraction of sp³-hybridized carbons (Fsp3) is 0.333. The first-order valence-corrected chi connectivity index (χ1v) is 7.91. The molecule has 2 rings (SSSR count). The minimum atomic E-state index is -4.43. The van der Waals surface area contributed by atoms with Gasteiger partial charge in [-0.2, -0.15) is 0 Å². The number of aryl methyl sites for hydroxylation is 1. The molecule has 2 aromatic carbocycles. The Kier molecular flexibility index (Phi) is 6.69. The zero-order chi connectivity index (χ0) is 13.9. The molecule has 0 heterocycles. The van der Waals surface area contributed by atoms with E-state index in [2.05, 4.69) is 6.92 Å². The molecule has 0 aliphatic carbocycles. The SMILES string of the molecule is CCCCCc1cc(S(=O)(=O)[O-])c2ccccc2c1.[Na+]. The number of rotatable bonds is 5. The molecule has 0 atom stereocenters. The van der Waals surface area contributed by atoms with Crippen molar-refractivity contribution in [2.24, 2.45) is 0 Å². The van der Waals surface area contributed by atoms with Crippen LogP contribution in [0.2, 0.25) is 0 Å². The quantitative estimate of drug-likeness (QED) is 0.458. The molecule has 0 radical (unpaired) electrons. The van der Waals surface area contributed by atoms with Crippen molar-refractivity contribution in [2.75, 3.05) is 0 Å². The van der Waals surface area contributed by atoms with Crippen LogP contribution < -0.4 is 29.6 Å². The number of benzene rings is 2. The maximum atomic E-state index is 11.4. The van der Waals surface area contributed by atoms with Gasteiger partial charge < -0.3 is 4.55 Å². The molecule has 2 aromatic rings. The molecule has 0 fully saturated rings. The van der Waals surface area contributed by atoms with E-state index < -0.39 is 10.1 Å². The monoisotopic (exact) mass is 300 g/mol. The van der Waals surface area contributed by atoms with E-state index in [9.17, 15) is 13.0 Å². The predicted molar refractivity (Wildman–Crippen MR) is 75.1 cm³/mol. The summed E-state index contributed by atoms with van der Waals surface area (Å²) in [7, 11) is -4.43. The summed E-state index contributed by atoms with van der Waals surface area (Å²) in [4.78, 5) is -0.0999. The van der Waals surface area contributed by atoms with E-state index in [0.717, 1.165) is 36.6 Å². The van der Waals surface area contributed by atoms with Crippen molar-refractivity contribution in [1.82, 2.24) is 0 Å². The van der Waals surface area contributed by atoms with Gasteiger partial charge in [-0.1, -0.05) is 50.1 Å². The molecule has 0 amide bonds. The second-order valence-corrected chi connectivity index (χ2v) is 6.07. The Morgan fingerprint density at radius 2 is 1.80 bits per heavy atom. The second kappa shape index (κ2) is 7.57. The van der Waals surface area contributed by atoms with Gasteiger partial charge in [-0.3, -0.25) is 0 Å². The average Bonchev–Trinajstić information content (AvgIpc) is 2.37. The van der Waals surface area contributed by atoms with Crippen LogP contribution in [0.3, 0.4) is 0 Å². The molecule has 0 unspecified atom stereocenters. The zero-order valence-corrected chi connectivity index (χ0v) is 14.7. The van der Waals surface area contributed by atoms with Crippen LogP contribution in [0.1, 0.15) is 31.7 Å². The summed E-state index contributed by atoms with van der Waals surface area (Å²) >= 11 is 0. The smallest absolute Gasteiger partial charge is 0.744 e. The van der Waals surface area contributed by atoms with E-state index >= 15 is 0 Å². The van der Waals surface area contributed by atoms with Crippen LogP contribution in [0.25, 0.3) is 10.8 Å². The molecule has 0 aromatic heterocycles. The maximum Gasteiger partial charge on any atom is 1.00 e. The molecule has 5 heteroatoms. The van der Waals surface area contributed by atoms with Crippen molar-refractivity contribution in [3.63, 3.8) is 0 Å². The zero-order valence-electron chi connectivity index (χ0n) is 11.9. The van der Waals surface area contributed by atoms with E-state index in [0.29, 0.717) is 5.39 Å². The van der Waals surface area contributed by atoms with Gasteiger partial charge in [0.15, 0.2) is 0 Å². The largest absolute Gasteiger partial charge is 1.00 e. The molecule has 0 bridgehead atoms. The van der Waals surface area contributed by atoms with Crippen molar-refractivity contribution < 1.29 is 42.5 Å². The molecule has 0 N–H and O–H groups in total. The number of hydrogen-bond acceptors (Lipinski definition) is 3. The van der Waals surface area contributed by atoms with Crippen molar-refractivity contribution in [2.45, 2.75) is 37.5 Å². The Bertz CT molecular complexity index is 681. The summed E-state index contributed by atoms with van der Waals surface area (Å²) in [6.07, 6.45) is 4.03. The van der Waals surface area contributed by atoms with E-state index in [-0.39, 0.29) is 34.5 Å². The predicted octanol–water partition coefficient (Wildman–Crippen LogP) is 0.481. The third-order valence-corrected chi connectivity index (χ3v) is 4.10. The topological polar surface area (TPSA) is 57.2 Å². The summed E-state index contributed by atoms with van der Waals surface area (Å²) in [6, 6.07) is 10.6. The second-order valence-electron chi connectivity index (χ2n) is 4.73. The van der Waals surface area contributed by atoms with Crippen LogP contribution >= 0.6 is 0 Å². The van der Waals surface area contributed by atoms with Gasteiger partial charge in [-0.05, 0) is 35.2 Å². The van der Waals surface area contributed by atoms with Crippen molar-refractivity contribution in [3.8, 4) is 0 Å². The molecule has 0 saturated heterocycles. The van der Waals surface area contributed by atoms with Gasteiger partial charge in [-0.15, -0.1) is 0 Å². The summed E-state index contributed by atoms with van der Waals surface area (Å²) in [5, 5.41) is 1.32. The normalized spacial score (nSPS) is 11.3. The van der Waals surface area contributed by atoms with Crippen molar-refractivity contribution in [1.29, 1.82) is 0 Å². The fourth-order valence-corrected chi connectivity index (χ4v) is 3.02. The molecule has 20 heavy (non-hydrogen) atoms. The molecule has 0 saturated carbocycles. The van der Waals surface area contributed by atoms with E-state index in [1.165, 1.54) is 6.07 Å². The van der Waals surface area contributed by atoms with Gasteiger partial charge >= 0.3 is 29.6 Å². The molecule has 102 valence electrons. The Balaban J connectivity index is 0.00000200. The Labute approximate surface area is 142 Å². The van der Waals surface area contributed by atoms with Crippen molar-refractivity contribution >= 4 is 20.9 Å². The Hall–Kier alpha value is -0.390. The first kappa shape index (κ1) is 17.7. The van der Waals surface area contributed by atoms with Gasteiger partial charge in [0.25, 0.3) is 0 Å². The van der Waals surface area contributed by atoms with E-state index in [4.69, 9.17) is 0 Å². The number of fused-ring (bicyclic) bond motifs is 1. The first-order valence-electron chi connectivity index (χ1n) is 6.50. The third kappa shape index (κ3) is 4.30. The van der Waals surface area contributed by atoms with Crippen LogP contribution in [-0.4, -0.2) is 13.0 Å². The Morgan fingerprint density at radius 1 is 1.10 bits per heavy atom. The molecular weight excluding hydrogens is 283 g/mol. The Morgan fingerprint density at radius 3 is 2.45 bits per heavy atom. The maximum absolute atomic E-state index is 11.4. The minimum absolute atomic E-state index is 0. The van der Waals surface area contributed by atoms with E-state index in [1.54, 1.807) is 12.1 Å². The number of hydrogen-bond donors (Lipinski definition) is 0. The fourth-order valence-electron chi connectivity index (χ4n) is 2.27. The molecule has 0 spiro atoms. The summed E-state index contributed by atoms with van der Waals surface area (Å²) in [6.45, 7) is 2.12. The van der Waals surface area contributed by atoms with Gasteiger partial charge in [0.05, 0.1) is 4.90 Å². The van der Waals surface area contributed by atoms with Gasteiger partial charge in [0.2, 0.25) is 0 Å². The van der Waals surface area contributed by atoms with Gasteiger partial charge in [-0.25, -0.2) is 8.42 Å². The molecule has 0 aliphatic heterocycles. The summed E-state index contributed by atoms with van der Waals surface area (Å²) in [5.41, 5.74) is 0.918. The van der Waals surface area contributed by atoms with Gasteiger partial charge in [0.1, 0.15) is 10.1 Å². The van der Waals surface area contributed by atoms with Crippen LogP contribution in [-0.2, 0) is 16.5 Å². The molecular formula is C15H17NaO3S. The van der Waals surface area contributed by atoms with Crippen LogP contribution in [0.5, 0.6) is 0 Å². The van der Waals surface area contributed by atoms with Gasteiger partial charge in [0, 0.05) is 0 Å². The summed E-state index contributed by atoms with van der Waals surface area (Å²) in [5.74, 6) is 0. The van der Waals surface area contributed by atoms with E-state index in [1.807, 2.05) is 18.2 Å². The minimum Gasteiger partial charge on any atom is -0.744 e. The first-order chi connectivity index (χ1) is 9.02. The van der Waals surface area contributed by atoms with Crippen LogP contribution in [0.15, 0.2) is 41.3 Å². The number of unbranched alkanes of at least 4 members (excludes halogenated alkanes) is 2.